The summed E-state index contributed by atoms with van der Waals surface area (Å²) in [5.41, 5.74) is 0.117. The van der Waals surface area contributed by atoms with Crippen molar-refractivity contribution in [2.75, 3.05) is 7.11 Å². The molecule has 0 aliphatic heterocycles. The third-order valence-corrected chi connectivity index (χ3v) is 2.82. The number of halogens is 3. The Bertz CT molecular complexity index is 501. The molecule has 0 N–H and O–H groups in total. The minimum absolute atomic E-state index is 0.108. The van der Waals surface area contributed by atoms with Crippen LogP contribution in [-0.2, 0) is 21.3 Å². The molecule has 0 amide bonds. The van der Waals surface area contributed by atoms with Crippen molar-refractivity contribution in [1.29, 1.82) is 5.26 Å². The molecule has 0 unspecified atom stereocenters. The largest absolute Gasteiger partial charge is 0.469 e. The molecular formula is C11H9BrF2N2O2. The molecule has 0 spiro atoms. The van der Waals surface area contributed by atoms with Crippen molar-refractivity contribution in [2.45, 2.75) is 18.2 Å². The Morgan fingerprint density at radius 2 is 2.33 bits per heavy atom. The Morgan fingerprint density at radius 1 is 1.67 bits per heavy atom. The number of pyridine rings is 1. The lowest BCUT2D eigenvalue weighted by Gasteiger charge is -2.10. The van der Waals surface area contributed by atoms with Gasteiger partial charge in [0.25, 0.3) is 6.43 Å². The van der Waals surface area contributed by atoms with Crippen LogP contribution in [0.2, 0.25) is 0 Å². The van der Waals surface area contributed by atoms with E-state index in [1.807, 2.05) is 0 Å². The van der Waals surface area contributed by atoms with Crippen molar-refractivity contribution in [3.8, 4) is 6.07 Å². The molecule has 1 heterocycles. The van der Waals surface area contributed by atoms with E-state index in [0.29, 0.717) is 11.1 Å². The van der Waals surface area contributed by atoms with E-state index in [0.717, 1.165) is 6.07 Å². The third-order valence-electron chi connectivity index (χ3n) is 2.26. The van der Waals surface area contributed by atoms with Gasteiger partial charge in [0.05, 0.1) is 13.5 Å². The number of esters is 1. The van der Waals surface area contributed by atoms with Crippen LogP contribution >= 0.6 is 15.9 Å². The van der Waals surface area contributed by atoms with Crippen molar-refractivity contribution in [3.05, 3.63) is 28.6 Å². The molecule has 1 aromatic rings. The first-order chi connectivity index (χ1) is 8.53. The Kier molecular flexibility index (Phi) is 5.16. The van der Waals surface area contributed by atoms with Crippen molar-refractivity contribution in [2.24, 2.45) is 0 Å². The highest BCUT2D eigenvalue weighted by Gasteiger charge is 2.18. The molecule has 0 radical (unpaired) electrons. The van der Waals surface area contributed by atoms with E-state index in [9.17, 15) is 13.6 Å². The fourth-order valence-corrected chi connectivity index (χ4v) is 2.01. The molecule has 0 saturated heterocycles. The van der Waals surface area contributed by atoms with Gasteiger partial charge in [0.1, 0.15) is 17.5 Å². The summed E-state index contributed by atoms with van der Waals surface area (Å²) in [7, 11) is 1.20. The molecule has 0 aliphatic rings. The van der Waals surface area contributed by atoms with Crippen LogP contribution in [0.1, 0.15) is 28.9 Å². The Balaban J connectivity index is 3.32. The van der Waals surface area contributed by atoms with Gasteiger partial charge in [-0.25, -0.2) is 13.8 Å². The number of methoxy groups -OCH3 is 1. The summed E-state index contributed by atoms with van der Waals surface area (Å²) in [5.74, 6) is -0.562. The van der Waals surface area contributed by atoms with Gasteiger partial charge in [-0.3, -0.25) is 4.79 Å². The molecule has 1 aromatic heterocycles. The molecular weight excluding hydrogens is 310 g/mol. The van der Waals surface area contributed by atoms with E-state index >= 15 is 0 Å². The summed E-state index contributed by atoms with van der Waals surface area (Å²) in [6.45, 7) is 0. The van der Waals surface area contributed by atoms with E-state index in [4.69, 9.17) is 5.26 Å². The maximum Gasteiger partial charge on any atom is 0.309 e. The van der Waals surface area contributed by atoms with Crippen LogP contribution in [0.4, 0.5) is 8.78 Å². The normalized spacial score (nSPS) is 10.2. The average molecular weight is 319 g/mol. The fraction of sp³-hybridized carbons (Fsp3) is 0.364. The van der Waals surface area contributed by atoms with Crippen LogP contribution in [0.15, 0.2) is 6.07 Å². The van der Waals surface area contributed by atoms with Gasteiger partial charge >= 0.3 is 5.97 Å². The van der Waals surface area contributed by atoms with E-state index in [2.05, 4.69) is 25.7 Å². The van der Waals surface area contributed by atoms with Gasteiger partial charge in [0.15, 0.2) is 0 Å². The second kappa shape index (κ2) is 6.40. The van der Waals surface area contributed by atoms with Crippen molar-refractivity contribution in [3.63, 3.8) is 0 Å². The number of nitrogens with zero attached hydrogens (tertiary/aromatic N) is 2. The fourth-order valence-electron chi connectivity index (χ4n) is 1.39. The molecule has 96 valence electrons. The highest BCUT2D eigenvalue weighted by Crippen LogP contribution is 2.24. The maximum atomic E-state index is 12.6. The average Bonchev–Trinajstić information content (AvgIpc) is 2.37. The van der Waals surface area contributed by atoms with Crippen LogP contribution in [0.3, 0.4) is 0 Å². The first-order valence-electron chi connectivity index (χ1n) is 4.87. The highest BCUT2D eigenvalue weighted by molar-refractivity contribution is 9.08. The topological polar surface area (TPSA) is 63.0 Å². The first-order valence-corrected chi connectivity index (χ1v) is 5.99. The van der Waals surface area contributed by atoms with Crippen molar-refractivity contribution in [1.82, 2.24) is 4.98 Å². The minimum atomic E-state index is -2.79. The third kappa shape index (κ3) is 3.23. The summed E-state index contributed by atoms with van der Waals surface area (Å²) in [6.07, 6.45) is -2.97. The number of nitriles is 1. The van der Waals surface area contributed by atoms with Crippen molar-refractivity contribution >= 4 is 21.9 Å². The van der Waals surface area contributed by atoms with Crippen LogP contribution < -0.4 is 0 Å². The SMILES string of the molecule is COC(=O)Cc1cc(C(F)F)nc(C#N)c1CBr. The van der Waals surface area contributed by atoms with E-state index in [1.54, 1.807) is 6.07 Å². The zero-order chi connectivity index (χ0) is 13.7. The van der Waals surface area contributed by atoms with Crippen LogP contribution in [-0.4, -0.2) is 18.1 Å². The molecule has 0 aromatic carbocycles. The lowest BCUT2D eigenvalue weighted by atomic mass is 10.0. The molecule has 1 rings (SSSR count). The highest BCUT2D eigenvalue weighted by atomic mass is 79.9. The lowest BCUT2D eigenvalue weighted by molar-refractivity contribution is -0.139. The molecule has 7 heteroatoms. The van der Waals surface area contributed by atoms with Gasteiger partial charge in [-0.15, -0.1) is 0 Å². The lowest BCUT2D eigenvalue weighted by Crippen LogP contribution is -2.10. The Morgan fingerprint density at radius 3 is 2.78 bits per heavy atom. The standard InChI is InChI=1S/C11H9BrF2N2O2/c1-18-10(17)3-6-2-8(11(13)14)16-9(5-15)7(6)4-12/h2,11H,3-4H2,1H3. The molecule has 0 atom stereocenters. The predicted octanol–water partition coefficient (Wildman–Crippen LogP) is 2.50. The molecule has 18 heavy (non-hydrogen) atoms. The number of aromatic nitrogens is 1. The van der Waals surface area contributed by atoms with Crippen LogP contribution in [0.5, 0.6) is 0 Å². The molecule has 0 saturated carbocycles. The second-order valence-electron chi connectivity index (χ2n) is 3.33. The van der Waals surface area contributed by atoms with Crippen LogP contribution in [0, 0.1) is 11.3 Å². The van der Waals surface area contributed by atoms with Gasteiger partial charge in [-0.2, -0.15) is 5.26 Å². The summed E-state index contributed by atoms with van der Waals surface area (Å²) < 4.78 is 29.7. The van der Waals surface area contributed by atoms with Gasteiger partial charge in [-0.1, -0.05) is 15.9 Å². The number of hydrogen-bond acceptors (Lipinski definition) is 4. The quantitative estimate of drug-likeness (QED) is 0.632. The van der Waals surface area contributed by atoms with E-state index in [-0.39, 0.29) is 17.4 Å². The molecule has 0 bridgehead atoms. The molecule has 4 nitrogen and oxygen atoms in total. The smallest absolute Gasteiger partial charge is 0.309 e. The van der Waals surface area contributed by atoms with E-state index in [1.165, 1.54) is 7.11 Å². The van der Waals surface area contributed by atoms with Crippen LogP contribution in [0.25, 0.3) is 0 Å². The number of alkyl halides is 3. The summed E-state index contributed by atoms with van der Waals surface area (Å²) >= 11 is 3.14. The Labute approximate surface area is 111 Å². The zero-order valence-electron chi connectivity index (χ0n) is 9.41. The second-order valence-corrected chi connectivity index (χ2v) is 3.89. The van der Waals surface area contributed by atoms with Gasteiger partial charge in [0.2, 0.25) is 0 Å². The number of hydrogen-bond donors (Lipinski definition) is 0. The van der Waals surface area contributed by atoms with Gasteiger partial charge < -0.3 is 4.74 Å². The zero-order valence-corrected chi connectivity index (χ0v) is 11.0. The maximum absolute atomic E-state index is 12.6. The summed E-state index contributed by atoms with van der Waals surface area (Å²) in [5, 5.41) is 9.13. The predicted molar refractivity (Wildman–Crippen MR) is 62.3 cm³/mol. The molecule has 0 fully saturated rings. The summed E-state index contributed by atoms with van der Waals surface area (Å²) in [6, 6.07) is 2.87. The number of carbonyl (C=O) groups excluding carboxylic acids is 1. The van der Waals surface area contributed by atoms with Gasteiger partial charge in [0, 0.05) is 10.9 Å². The molecule has 0 aliphatic carbocycles. The number of rotatable bonds is 4. The summed E-state index contributed by atoms with van der Waals surface area (Å²) in [4.78, 5) is 14.8. The Hall–Kier alpha value is -1.55. The monoisotopic (exact) mass is 318 g/mol. The van der Waals surface area contributed by atoms with Gasteiger partial charge in [-0.05, 0) is 11.6 Å². The van der Waals surface area contributed by atoms with E-state index < -0.39 is 18.1 Å². The minimum Gasteiger partial charge on any atom is -0.469 e. The first kappa shape index (κ1) is 14.5. The van der Waals surface area contributed by atoms with Crippen molar-refractivity contribution < 1.29 is 18.3 Å². The number of carbonyl (C=O) groups is 1. The number of ether oxygens (including phenoxy) is 1.